The fourth-order valence-electron chi connectivity index (χ4n) is 4.17. The Labute approximate surface area is 203 Å². The standard InChI is InChI=1S/C22H25N5O4S3/c1-26(34(30,31)20-7-2-3-8-23-20)19-6-4-5-16-13-18(25-21(16)19)22-24-14-17(32-22)15-27-9-11-33(28,29)12-10-27/h2-8,13,17,25H,9-12,14-15H2,1H3. The first-order chi connectivity index (χ1) is 16.2. The molecule has 0 amide bonds. The highest BCUT2D eigenvalue weighted by atomic mass is 32.2. The summed E-state index contributed by atoms with van der Waals surface area (Å²) in [6.07, 6.45) is 1.46. The smallest absolute Gasteiger partial charge is 0.281 e. The van der Waals surface area contributed by atoms with Crippen LogP contribution in [0.2, 0.25) is 0 Å². The zero-order valence-corrected chi connectivity index (χ0v) is 21.0. The van der Waals surface area contributed by atoms with Crippen LogP contribution in [0.4, 0.5) is 5.69 Å². The number of hydrogen-bond donors (Lipinski definition) is 1. The zero-order valence-electron chi connectivity index (χ0n) is 18.6. The molecule has 3 aromatic rings. The van der Waals surface area contributed by atoms with E-state index in [9.17, 15) is 16.8 Å². The fourth-order valence-corrected chi connectivity index (χ4v) is 7.72. The summed E-state index contributed by atoms with van der Waals surface area (Å²) in [5, 5.41) is 2.02. The van der Waals surface area contributed by atoms with Gasteiger partial charge in [0.15, 0.2) is 14.9 Å². The predicted octanol–water partition coefficient (Wildman–Crippen LogP) is 1.98. The molecule has 1 atom stereocenters. The van der Waals surface area contributed by atoms with Crippen LogP contribution in [0.1, 0.15) is 5.69 Å². The summed E-state index contributed by atoms with van der Waals surface area (Å²) >= 11 is 1.67. The van der Waals surface area contributed by atoms with Gasteiger partial charge in [-0.25, -0.2) is 13.4 Å². The molecule has 1 aromatic carbocycles. The number of sulfonamides is 1. The van der Waals surface area contributed by atoms with E-state index in [1.165, 1.54) is 23.6 Å². The van der Waals surface area contributed by atoms with Crippen LogP contribution in [0, 0.1) is 0 Å². The van der Waals surface area contributed by atoms with Gasteiger partial charge in [-0.2, -0.15) is 8.42 Å². The summed E-state index contributed by atoms with van der Waals surface area (Å²) in [6, 6.07) is 12.3. The molecule has 0 spiro atoms. The number of hydrogen-bond acceptors (Lipinski definition) is 8. The van der Waals surface area contributed by atoms with Gasteiger partial charge in [0.25, 0.3) is 10.0 Å². The van der Waals surface area contributed by atoms with Crippen molar-refractivity contribution >= 4 is 53.3 Å². The van der Waals surface area contributed by atoms with E-state index in [4.69, 9.17) is 4.99 Å². The molecule has 4 heterocycles. The van der Waals surface area contributed by atoms with Crippen LogP contribution in [0.15, 0.2) is 58.7 Å². The van der Waals surface area contributed by atoms with Crippen LogP contribution in [-0.4, -0.2) is 86.7 Å². The highest BCUT2D eigenvalue weighted by Crippen LogP contribution is 2.33. The van der Waals surface area contributed by atoms with Crippen LogP contribution in [0.5, 0.6) is 0 Å². The summed E-state index contributed by atoms with van der Waals surface area (Å²) in [5.74, 6) is 0.440. The van der Waals surface area contributed by atoms with Crippen molar-refractivity contribution in [1.82, 2.24) is 14.9 Å². The molecule has 180 valence electrons. The molecule has 0 aliphatic carbocycles. The number of fused-ring (bicyclic) bond motifs is 1. The fraction of sp³-hybridized carbons (Fsp3) is 0.364. The van der Waals surface area contributed by atoms with Crippen LogP contribution < -0.4 is 4.31 Å². The molecule has 1 fully saturated rings. The van der Waals surface area contributed by atoms with Gasteiger partial charge < -0.3 is 9.88 Å². The molecule has 12 heteroatoms. The Kier molecular flexibility index (Phi) is 6.17. The molecule has 0 saturated carbocycles. The van der Waals surface area contributed by atoms with E-state index in [-0.39, 0.29) is 21.8 Å². The second-order valence-electron chi connectivity index (χ2n) is 8.40. The van der Waals surface area contributed by atoms with Crippen molar-refractivity contribution in [3.05, 3.63) is 54.4 Å². The Bertz CT molecular complexity index is 1440. The molecule has 2 aliphatic heterocycles. The van der Waals surface area contributed by atoms with E-state index in [2.05, 4.69) is 14.9 Å². The van der Waals surface area contributed by atoms with Gasteiger partial charge in [0.05, 0.1) is 34.9 Å². The molecule has 0 radical (unpaired) electrons. The molecule has 1 unspecified atom stereocenters. The summed E-state index contributed by atoms with van der Waals surface area (Å²) < 4.78 is 50.8. The molecule has 5 rings (SSSR count). The highest BCUT2D eigenvalue weighted by Gasteiger charge is 2.29. The third-order valence-corrected chi connectivity index (χ3v) is 10.6. The minimum Gasteiger partial charge on any atom is -0.351 e. The number of sulfone groups is 1. The van der Waals surface area contributed by atoms with Crippen molar-refractivity contribution in [3.8, 4) is 0 Å². The Morgan fingerprint density at radius 1 is 1.18 bits per heavy atom. The number of pyridine rings is 1. The lowest BCUT2D eigenvalue weighted by Crippen LogP contribution is -2.43. The van der Waals surface area contributed by atoms with Crippen LogP contribution in [0.3, 0.4) is 0 Å². The monoisotopic (exact) mass is 519 g/mol. The number of aliphatic imine (C=N–C) groups is 1. The molecule has 0 bridgehead atoms. The van der Waals surface area contributed by atoms with Crippen molar-refractivity contribution in [2.75, 3.05) is 49.0 Å². The molecule has 1 N–H and O–H groups in total. The van der Waals surface area contributed by atoms with Crippen molar-refractivity contribution < 1.29 is 16.8 Å². The topological polar surface area (TPSA) is 116 Å². The number of benzene rings is 1. The molecule has 34 heavy (non-hydrogen) atoms. The number of rotatable bonds is 6. The first-order valence-electron chi connectivity index (χ1n) is 10.9. The Hall–Kier alpha value is -2.41. The summed E-state index contributed by atoms with van der Waals surface area (Å²) in [5.41, 5.74) is 2.09. The Balaban J connectivity index is 1.34. The molecule has 1 saturated heterocycles. The number of anilines is 1. The van der Waals surface area contributed by atoms with Gasteiger partial charge in [-0.15, -0.1) is 0 Å². The van der Waals surface area contributed by atoms with Gasteiger partial charge in [-0.1, -0.05) is 30.0 Å². The van der Waals surface area contributed by atoms with Crippen molar-refractivity contribution in [2.45, 2.75) is 10.3 Å². The number of H-pyrrole nitrogens is 1. The largest absolute Gasteiger partial charge is 0.351 e. The second-order valence-corrected chi connectivity index (χ2v) is 13.9. The molecule has 2 aliphatic rings. The number of para-hydroxylation sites is 1. The number of aromatic amines is 1. The van der Waals surface area contributed by atoms with Gasteiger partial charge in [0.2, 0.25) is 0 Å². The lowest BCUT2D eigenvalue weighted by atomic mass is 10.2. The minimum absolute atomic E-state index is 0.00893. The SMILES string of the molecule is CN(c1cccc2cc(C3=NCC(CN4CCS(=O)(=O)CC4)S3)[nH]c12)S(=O)(=O)c1ccccn1. The van der Waals surface area contributed by atoms with Crippen LogP contribution in [-0.2, 0) is 19.9 Å². The van der Waals surface area contributed by atoms with E-state index in [1.54, 1.807) is 30.0 Å². The maximum atomic E-state index is 13.1. The maximum absolute atomic E-state index is 13.1. The summed E-state index contributed by atoms with van der Waals surface area (Å²) in [7, 11) is -5.17. The average Bonchev–Trinajstić information content (AvgIpc) is 3.47. The van der Waals surface area contributed by atoms with Crippen LogP contribution in [0.25, 0.3) is 10.9 Å². The number of nitrogens with one attached hydrogen (secondary N) is 1. The molecule has 9 nitrogen and oxygen atoms in total. The van der Waals surface area contributed by atoms with Gasteiger partial charge in [-0.3, -0.25) is 9.30 Å². The van der Waals surface area contributed by atoms with Crippen molar-refractivity contribution in [3.63, 3.8) is 0 Å². The summed E-state index contributed by atoms with van der Waals surface area (Å²) in [4.78, 5) is 14.3. The van der Waals surface area contributed by atoms with E-state index in [0.717, 1.165) is 22.7 Å². The molecular weight excluding hydrogens is 494 g/mol. The minimum atomic E-state index is -3.81. The number of thioether (sulfide) groups is 1. The molecular formula is C22H25N5O4S3. The lowest BCUT2D eigenvalue weighted by molar-refractivity contribution is 0.298. The third kappa shape index (κ3) is 4.59. The van der Waals surface area contributed by atoms with E-state index >= 15 is 0 Å². The van der Waals surface area contributed by atoms with Gasteiger partial charge in [0, 0.05) is 43.5 Å². The third-order valence-electron chi connectivity index (χ3n) is 6.08. The van der Waals surface area contributed by atoms with E-state index in [1.807, 2.05) is 18.2 Å². The quantitative estimate of drug-likeness (QED) is 0.529. The summed E-state index contributed by atoms with van der Waals surface area (Å²) in [6.45, 7) is 2.60. The lowest BCUT2D eigenvalue weighted by Gasteiger charge is -2.28. The van der Waals surface area contributed by atoms with Crippen molar-refractivity contribution in [1.29, 1.82) is 0 Å². The van der Waals surface area contributed by atoms with Crippen LogP contribution >= 0.6 is 11.8 Å². The van der Waals surface area contributed by atoms with Gasteiger partial charge >= 0.3 is 0 Å². The first-order valence-corrected chi connectivity index (χ1v) is 15.0. The highest BCUT2D eigenvalue weighted by molar-refractivity contribution is 8.15. The van der Waals surface area contributed by atoms with Gasteiger partial charge in [-0.05, 0) is 24.3 Å². The molecule has 2 aromatic heterocycles. The maximum Gasteiger partial charge on any atom is 0.281 e. The van der Waals surface area contributed by atoms with Gasteiger partial charge in [0.1, 0.15) is 5.04 Å². The second kappa shape index (κ2) is 8.99. The first kappa shape index (κ1) is 23.3. The normalized spacial score (nSPS) is 21.0. The van der Waals surface area contributed by atoms with E-state index < -0.39 is 19.9 Å². The number of nitrogens with zero attached hydrogens (tertiary/aromatic N) is 4. The number of aromatic nitrogens is 2. The van der Waals surface area contributed by atoms with Crippen molar-refractivity contribution in [2.24, 2.45) is 4.99 Å². The van der Waals surface area contributed by atoms with E-state index in [0.29, 0.717) is 30.8 Å². The Morgan fingerprint density at radius 2 is 1.97 bits per heavy atom. The average molecular weight is 520 g/mol. The zero-order chi connectivity index (χ0) is 23.9. The Morgan fingerprint density at radius 3 is 2.71 bits per heavy atom. The predicted molar refractivity (Wildman–Crippen MR) is 136 cm³/mol.